The average molecular weight is 625 g/mol. The van der Waals surface area contributed by atoms with Gasteiger partial charge in [-0.15, -0.1) is 0 Å². The summed E-state index contributed by atoms with van der Waals surface area (Å²) in [6.07, 6.45) is -1.18. The molecule has 1 aliphatic heterocycles. The number of carbonyl (C=O) groups is 2. The van der Waals surface area contributed by atoms with Gasteiger partial charge in [-0.2, -0.15) is 18.4 Å². The van der Waals surface area contributed by atoms with Crippen LogP contribution in [0.25, 0.3) is 11.1 Å². The standard InChI is InChI=1S/C31H34N4O3.C2HF3O2/c1-35-16-15-31(24-9-12-27(37-2)28(18-24)38-3)14-13-26(19-29(31)35)34-30(36)33-25-10-7-22(8-11-25)23-6-4-5-21(17-23)20-32;3-2(4,5)1(6)7/h4-12,17-18,26,29H,13-16,19H2,1-3H3,(H2,33,34,36);(H,6,7). The van der Waals surface area contributed by atoms with Crippen LogP contribution < -0.4 is 20.1 Å². The fourth-order valence-electron chi connectivity index (χ4n) is 6.26. The van der Waals surface area contributed by atoms with E-state index < -0.39 is 12.1 Å². The number of anilines is 1. The topological polar surface area (TPSA) is 124 Å². The number of benzene rings is 3. The third-order valence-corrected chi connectivity index (χ3v) is 8.53. The Morgan fingerprint density at radius 3 is 2.31 bits per heavy atom. The number of halogens is 3. The van der Waals surface area contributed by atoms with Crippen molar-refractivity contribution >= 4 is 17.7 Å². The first-order chi connectivity index (χ1) is 21.4. The SMILES string of the molecule is COc1ccc(C23CCC(NC(=O)Nc4ccc(-c5cccc(C#N)c5)cc4)CC2N(C)CC3)cc1OC.O=C(O)C(F)(F)F. The lowest BCUT2D eigenvalue weighted by atomic mass is 9.65. The van der Waals surface area contributed by atoms with Crippen LogP contribution in [0.15, 0.2) is 66.7 Å². The van der Waals surface area contributed by atoms with Crippen LogP contribution in [0.2, 0.25) is 0 Å². The number of methoxy groups -OCH3 is 2. The highest BCUT2D eigenvalue weighted by atomic mass is 19.4. The monoisotopic (exact) mass is 624 g/mol. The molecule has 2 aliphatic rings. The number of urea groups is 1. The highest BCUT2D eigenvalue weighted by molar-refractivity contribution is 5.89. The predicted molar refractivity (Wildman–Crippen MR) is 162 cm³/mol. The molecule has 12 heteroatoms. The molecule has 0 bridgehead atoms. The normalized spacial score (nSPS) is 20.9. The summed E-state index contributed by atoms with van der Waals surface area (Å²) in [7, 11) is 5.52. The van der Waals surface area contributed by atoms with Crippen molar-refractivity contribution in [2.45, 2.75) is 49.4 Å². The summed E-state index contributed by atoms with van der Waals surface area (Å²) in [4.78, 5) is 24.2. The number of aliphatic carboxylic acids is 1. The minimum atomic E-state index is -5.08. The van der Waals surface area contributed by atoms with E-state index in [0.29, 0.717) is 11.6 Å². The second-order valence-corrected chi connectivity index (χ2v) is 11.1. The number of hydrogen-bond donors (Lipinski definition) is 3. The van der Waals surface area contributed by atoms with Crippen LogP contribution in [0.4, 0.5) is 23.7 Å². The first kappa shape index (κ1) is 33.1. The van der Waals surface area contributed by atoms with Crippen LogP contribution in [0, 0.1) is 11.3 Å². The molecule has 2 amide bonds. The number of carboxylic acids is 1. The molecule has 5 rings (SSSR count). The molecule has 3 N–H and O–H groups in total. The van der Waals surface area contributed by atoms with Crippen LogP contribution in [-0.4, -0.2) is 68.1 Å². The van der Waals surface area contributed by atoms with Gasteiger partial charge >= 0.3 is 18.2 Å². The van der Waals surface area contributed by atoms with Crippen molar-refractivity contribution in [3.05, 3.63) is 77.9 Å². The zero-order chi connectivity index (χ0) is 32.8. The van der Waals surface area contributed by atoms with Crippen LogP contribution in [0.3, 0.4) is 0 Å². The lowest BCUT2D eigenvalue weighted by molar-refractivity contribution is -0.192. The molecule has 1 saturated heterocycles. The zero-order valence-electron chi connectivity index (χ0n) is 25.1. The van der Waals surface area contributed by atoms with Gasteiger partial charge in [0.1, 0.15) is 0 Å². The van der Waals surface area contributed by atoms with Gasteiger partial charge < -0.3 is 30.1 Å². The minimum absolute atomic E-state index is 0.0433. The number of carboxylic acid groups (broad SMARTS) is 1. The fraction of sp³-hybridized carbons (Fsp3) is 0.364. The van der Waals surface area contributed by atoms with Gasteiger partial charge in [-0.25, -0.2) is 9.59 Å². The Balaban J connectivity index is 0.000000591. The number of rotatable bonds is 6. The molecule has 0 radical (unpaired) electrons. The van der Waals surface area contributed by atoms with E-state index in [1.165, 1.54) is 5.56 Å². The molecule has 3 atom stereocenters. The van der Waals surface area contributed by atoms with Gasteiger partial charge in [0.05, 0.1) is 25.9 Å². The Labute approximate surface area is 259 Å². The maximum absolute atomic E-state index is 12.9. The second-order valence-electron chi connectivity index (χ2n) is 11.1. The van der Waals surface area contributed by atoms with Gasteiger partial charge in [0.25, 0.3) is 0 Å². The van der Waals surface area contributed by atoms with Gasteiger partial charge in [0.2, 0.25) is 0 Å². The highest BCUT2D eigenvalue weighted by Crippen LogP contribution is 2.49. The zero-order valence-corrected chi connectivity index (χ0v) is 25.1. The van der Waals surface area contributed by atoms with Crippen LogP contribution in [0.5, 0.6) is 11.5 Å². The molecule has 0 aromatic heterocycles. The van der Waals surface area contributed by atoms with Gasteiger partial charge in [-0.05, 0) is 92.4 Å². The number of nitrogens with one attached hydrogen (secondary N) is 2. The largest absolute Gasteiger partial charge is 0.493 e. The molecule has 2 fully saturated rings. The quantitative estimate of drug-likeness (QED) is 0.299. The summed E-state index contributed by atoms with van der Waals surface area (Å²) >= 11 is 0. The second kappa shape index (κ2) is 13.9. The van der Waals surface area contributed by atoms with Crippen LogP contribution in [-0.2, 0) is 10.2 Å². The number of carbonyl (C=O) groups excluding carboxylic acids is 1. The summed E-state index contributed by atoms with van der Waals surface area (Å²) in [5.74, 6) is -1.25. The maximum atomic E-state index is 12.9. The van der Waals surface area contributed by atoms with E-state index in [0.717, 1.165) is 60.5 Å². The van der Waals surface area contributed by atoms with Crippen LogP contribution >= 0.6 is 0 Å². The van der Waals surface area contributed by atoms with Crippen molar-refractivity contribution in [2.75, 3.05) is 33.1 Å². The molecular weight excluding hydrogens is 589 g/mol. The summed E-state index contributed by atoms with van der Waals surface area (Å²) < 4.78 is 42.8. The number of ether oxygens (including phenoxy) is 2. The molecule has 238 valence electrons. The minimum Gasteiger partial charge on any atom is -0.493 e. The first-order valence-electron chi connectivity index (χ1n) is 14.3. The number of hydrogen-bond acceptors (Lipinski definition) is 6. The Bertz CT molecular complexity index is 1560. The average Bonchev–Trinajstić information content (AvgIpc) is 3.37. The summed E-state index contributed by atoms with van der Waals surface area (Å²) in [6.45, 7) is 1.03. The van der Waals surface area contributed by atoms with E-state index in [9.17, 15) is 18.0 Å². The van der Waals surface area contributed by atoms with E-state index in [1.807, 2.05) is 48.5 Å². The first-order valence-corrected chi connectivity index (χ1v) is 14.3. The van der Waals surface area contributed by atoms with Crippen molar-refractivity contribution in [2.24, 2.45) is 0 Å². The number of likely N-dealkylation sites (tertiary alicyclic amines) is 1. The smallest absolute Gasteiger partial charge is 0.490 e. The molecule has 45 heavy (non-hydrogen) atoms. The van der Waals surface area contributed by atoms with E-state index in [1.54, 1.807) is 20.3 Å². The fourth-order valence-corrected chi connectivity index (χ4v) is 6.26. The third kappa shape index (κ3) is 7.67. The molecule has 3 unspecified atom stereocenters. The molecule has 1 heterocycles. The van der Waals surface area contributed by atoms with Crippen molar-refractivity contribution in [3.8, 4) is 28.7 Å². The Morgan fingerprint density at radius 1 is 1.00 bits per heavy atom. The summed E-state index contributed by atoms with van der Waals surface area (Å²) in [5.41, 5.74) is 4.65. The Kier molecular flexibility index (Phi) is 10.2. The predicted octanol–water partition coefficient (Wildman–Crippen LogP) is 6.19. The summed E-state index contributed by atoms with van der Waals surface area (Å²) in [5, 5.41) is 22.5. The van der Waals surface area contributed by atoms with Gasteiger partial charge in [0.15, 0.2) is 11.5 Å². The molecule has 1 aliphatic carbocycles. The number of alkyl halides is 3. The lowest BCUT2D eigenvalue weighted by Gasteiger charge is -2.45. The van der Waals surface area contributed by atoms with Crippen molar-refractivity contribution < 1.29 is 37.3 Å². The maximum Gasteiger partial charge on any atom is 0.490 e. The van der Waals surface area contributed by atoms with E-state index in [-0.39, 0.29) is 17.5 Å². The van der Waals surface area contributed by atoms with Gasteiger partial charge in [0, 0.05) is 23.2 Å². The third-order valence-electron chi connectivity index (χ3n) is 8.53. The van der Waals surface area contributed by atoms with Crippen LogP contribution in [0.1, 0.15) is 36.8 Å². The molecule has 9 nitrogen and oxygen atoms in total. The van der Waals surface area contributed by atoms with Crippen molar-refractivity contribution in [1.82, 2.24) is 10.2 Å². The van der Waals surface area contributed by atoms with Gasteiger partial charge in [-0.3, -0.25) is 0 Å². The number of amides is 2. The lowest BCUT2D eigenvalue weighted by Crippen LogP contribution is -2.52. The van der Waals surface area contributed by atoms with Crippen molar-refractivity contribution in [3.63, 3.8) is 0 Å². The van der Waals surface area contributed by atoms with Gasteiger partial charge in [-0.1, -0.05) is 30.3 Å². The van der Waals surface area contributed by atoms with E-state index in [2.05, 4.69) is 40.8 Å². The summed E-state index contributed by atoms with van der Waals surface area (Å²) in [6, 6.07) is 23.9. The van der Waals surface area contributed by atoms with E-state index in [4.69, 9.17) is 24.6 Å². The highest BCUT2D eigenvalue weighted by Gasteiger charge is 2.50. The molecular formula is C33H35F3N4O5. The van der Waals surface area contributed by atoms with E-state index >= 15 is 0 Å². The number of likely N-dealkylation sites (N-methyl/N-ethyl adjacent to an activating group) is 1. The molecule has 3 aromatic carbocycles. The van der Waals surface area contributed by atoms with Crippen molar-refractivity contribution in [1.29, 1.82) is 5.26 Å². The number of fused-ring (bicyclic) bond motifs is 1. The Morgan fingerprint density at radius 2 is 1.69 bits per heavy atom. The molecule has 3 aromatic rings. The number of nitriles is 1. The molecule has 0 spiro atoms. The number of nitrogens with zero attached hydrogens (tertiary/aromatic N) is 2. The molecule has 1 saturated carbocycles. The Hall–Kier alpha value is -4.76.